The molecule has 0 aliphatic heterocycles. The molecule has 1 rings (SSSR count). The number of ether oxygens (including phenoxy) is 1. The van der Waals surface area contributed by atoms with Gasteiger partial charge in [0.15, 0.2) is 6.29 Å². The van der Waals surface area contributed by atoms with E-state index in [9.17, 15) is 4.79 Å². The van der Waals surface area contributed by atoms with E-state index in [4.69, 9.17) is 16.3 Å². The largest absolute Gasteiger partial charge is 0.496 e. The van der Waals surface area contributed by atoms with Crippen LogP contribution in [0, 0.1) is 6.92 Å². The van der Waals surface area contributed by atoms with Crippen molar-refractivity contribution < 1.29 is 9.53 Å². The van der Waals surface area contributed by atoms with Gasteiger partial charge in [0.05, 0.1) is 7.11 Å². The van der Waals surface area contributed by atoms with Crippen molar-refractivity contribution >= 4 is 17.9 Å². The molecule has 64 valence electrons. The smallest absolute Gasteiger partial charge is 0.150 e. The minimum absolute atomic E-state index is 0.513. The summed E-state index contributed by atoms with van der Waals surface area (Å²) in [4.78, 5) is 10.5. The highest BCUT2D eigenvalue weighted by molar-refractivity contribution is 6.31. The standard InChI is InChI=1S/C9H9ClO2/c1-6-7(5-11)3-8(10)4-9(6)12-2/h3-5H,1-2H3. The molecule has 0 saturated heterocycles. The lowest BCUT2D eigenvalue weighted by Crippen LogP contribution is -1.92. The number of carbonyl (C=O) groups is 1. The van der Waals surface area contributed by atoms with Gasteiger partial charge < -0.3 is 4.74 Å². The van der Waals surface area contributed by atoms with Crippen LogP contribution < -0.4 is 4.74 Å². The van der Waals surface area contributed by atoms with Crippen LogP contribution in [-0.4, -0.2) is 13.4 Å². The Bertz CT molecular complexity index is 308. The van der Waals surface area contributed by atoms with Gasteiger partial charge in [0.1, 0.15) is 5.75 Å². The van der Waals surface area contributed by atoms with E-state index in [1.807, 2.05) is 6.92 Å². The van der Waals surface area contributed by atoms with E-state index in [1.54, 1.807) is 19.2 Å². The molecule has 0 fully saturated rings. The van der Waals surface area contributed by atoms with Gasteiger partial charge in [-0.25, -0.2) is 0 Å². The molecule has 0 radical (unpaired) electrons. The second kappa shape index (κ2) is 3.59. The maximum Gasteiger partial charge on any atom is 0.150 e. The fourth-order valence-corrected chi connectivity index (χ4v) is 1.23. The van der Waals surface area contributed by atoms with Gasteiger partial charge in [-0.1, -0.05) is 11.6 Å². The molecule has 0 aromatic heterocycles. The average molecular weight is 185 g/mol. The molecule has 0 spiro atoms. The molecule has 0 aliphatic carbocycles. The van der Waals surface area contributed by atoms with Crippen molar-refractivity contribution in [2.45, 2.75) is 6.92 Å². The van der Waals surface area contributed by atoms with Crippen molar-refractivity contribution in [3.05, 3.63) is 28.3 Å². The number of methoxy groups -OCH3 is 1. The van der Waals surface area contributed by atoms with Crippen molar-refractivity contribution in [3.63, 3.8) is 0 Å². The Balaban J connectivity index is 3.31. The molecule has 0 saturated carbocycles. The van der Waals surface area contributed by atoms with E-state index in [0.29, 0.717) is 16.3 Å². The fourth-order valence-electron chi connectivity index (χ4n) is 1.01. The van der Waals surface area contributed by atoms with Gasteiger partial charge in [0.25, 0.3) is 0 Å². The van der Waals surface area contributed by atoms with Crippen molar-refractivity contribution in [1.29, 1.82) is 0 Å². The summed E-state index contributed by atoms with van der Waals surface area (Å²) >= 11 is 5.74. The molecule has 0 bridgehead atoms. The van der Waals surface area contributed by atoms with E-state index in [2.05, 4.69) is 0 Å². The summed E-state index contributed by atoms with van der Waals surface area (Å²) in [5.74, 6) is 0.643. The van der Waals surface area contributed by atoms with Gasteiger partial charge in [-0.05, 0) is 19.1 Å². The van der Waals surface area contributed by atoms with Crippen LogP contribution in [0.3, 0.4) is 0 Å². The third-order valence-corrected chi connectivity index (χ3v) is 1.93. The first-order chi connectivity index (χ1) is 5.69. The first kappa shape index (κ1) is 9.07. The third kappa shape index (κ3) is 1.59. The van der Waals surface area contributed by atoms with Crippen LogP contribution >= 0.6 is 11.6 Å². The maximum absolute atomic E-state index is 10.5. The molecule has 12 heavy (non-hydrogen) atoms. The van der Waals surface area contributed by atoms with Gasteiger partial charge in [-0.15, -0.1) is 0 Å². The summed E-state index contributed by atoms with van der Waals surface area (Å²) in [5.41, 5.74) is 1.39. The Kier molecular flexibility index (Phi) is 2.71. The van der Waals surface area contributed by atoms with E-state index in [1.165, 1.54) is 0 Å². The van der Waals surface area contributed by atoms with E-state index < -0.39 is 0 Å². The lowest BCUT2D eigenvalue weighted by Gasteiger charge is -2.06. The number of benzene rings is 1. The molecule has 1 aromatic carbocycles. The second-order valence-electron chi connectivity index (χ2n) is 2.44. The molecule has 0 atom stereocenters. The molecule has 0 amide bonds. The zero-order valence-electron chi connectivity index (χ0n) is 6.93. The zero-order chi connectivity index (χ0) is 9.14. The van der Waals surface area contributed by atoms with Crippen molar-refractivity contribution in [2.75, 3.05) is 7.11 Å². The van der Waals surface area contributed by atoms with E-state index in [0.717, 1.165) is 11.8 Å². The Hall–Kier alpha value is -1.02. The van der Waals surface area contributed by atoms with Gasteiger partial charge in [0.2, 0.25) is 0 Å². The lowest BCUT2D eigenvalue weighted by molar-refractivity contribution is 0.112. The topological polar surface area (TPSA) is 26.3 Å². The minimum atomic E-state index is 0.513. The maximum atomic E-state index is 10.5. The van der Waals surface area contributed by atoms with Crippen LogP contribution in [0.4, 0.5) is 0 Å². The average Bonchev–Trinajstić information content (AvgIpc) is 2.08. The van der Waals surface area contributed by atoms with E-state index in [-0.39, 0.29) is 0 Å². The number of halogens is 1. The van der Waals surface area contributed by atoms with E-state index >= 15 is 0 Å². The second-order valence-corrected chi connectivity index (χ2v) is 2.88. The molecule has 3 heteroatoms. The van der Waals surface area contributed by atoms with Crippen molar-refractivity contribution in [1.82, 2.24) is 0 Å². The first-order valence-electron chi connectivity index (χ1n) is 3.48. The van der Waals surface area contributed by atoms with Crippen LogP contribution in [-0.2, 0) is 0 Å². The van der Waals surface area contributed by atoms with Crippen LogP contribution in [0.25, 0.3) is 0 Å². The predicted octanol–water partition coefficient (Wildman–Crippen LogP) is 2.47. The highest BCUT2D eigenvalue weighted by atomic mass is 35.5. The Morgan fingerprint density at radius 2 is 2.17 bits per heavy atom. The highest BCUT2D eigenvalue weighted by Crippen LogP contribution is 2.25. The van der Waals surface area contributed by atoms with Gasteiger partial charge in [0, 0.05) is 16.1 Å². The predicted molar refractivity (Wildman–Crippen MR) is 48.1 cm³/mol. The molecular weight excluding hydrogens is 176 g/mol. The molecule has 0 aliphatic rings. The number of hydrogen-bond donors (Lipinski definition) is 0. The summed E-state index contributed by atoms with van der Waals surface area (Å²) in [6.07, 6.45) is 0.768. The molecule has 2 nitrogen and oxygen atoms in total. The normalized spacial score (nSPS) is 9.58. The summed E-state index contributed by atoms with van der Waals surface area (Å²) in [6.45, 7) is 1.82. The molecular formula is C9H9ClO2. The third-order valence-electron chi connectivity index (χ3n) is 1.71. The SMILES string of the molecule is COc1cc(Cl)cc(C=O)c1C. The number of hydrogen-bond acceptors (Lipinski definition) is 2. The number of carbonyl (C=O) groups excluding carboxylic acids is 1. The van der Waals surface area contributed by atoms with Crippen molar-refractivity contribution in [3.8, 4) is 5.75 Å². The fraction of sp³-hybridized carbons (Fsp3) is 0.222. The minimum Gasteiger partial charge on any atom is -0.496 e. The summed E-state index contributed by atoms with van der Waals surface area (Å²) in [6, 6.07) is 3.30. The zero-order valence-corrected chi connectivity index (χ0v) is 7.68. The lowest BCUT2D eigenvalue weighted by atomic mass is 10.1. The molecule has 0 N–H and O–H groups in total. The van der Waals surface area contributed by atoms with Gasteiger partial charge in [-0.3, -0.25) is 4.79 Å². The Labute approximate surface area is 76.1 Å². The summed E-state index contributed by atoms with van der Waals surface area (Å²) in [5, 5.41) is 0.513. The number of rotatable bonds is 2. The molecule has 1 aromatic rings. The van der Waals surface area contributed by atoms with Gasteiger partial charge >= 0.3 is 0 Å². The summed E-state index contributed by atoms with van der Waals surface area (Å²) < 4.78 is 5.02. The van der Waals surface area contributed by atoms with Crippen molar-refractivity contribution in [2.24, 2.45) is 0 Å². The summed E-state index contributed by atoms with van der Waals surface area (Å²) in [7, 11) is 1.55. The van der Waals surface area contributed by atoms with Crippen LogP contribution in [0.15, 0.2) is 12.1 Å². The van der Waals surface area contributed by atoms with Gasteiger partial charge in [-0.2, -0.15) is 0 Å². The first-order valence-corrected chi connectivity index (χ1v) is 3.86. The quantitative estimate of drug-likeness (QED) is 0.660. The monoisotopic (exact) mass is 184 g/mol. The number of aldehydes is 1. The van der Waals surface area contributed by atoms with Crippen LogP contribution in [0.2, 0.25) is 5.02 Å². The molecule has 0 unspecified atom stereocenters. The highest BCUT2D eigenvalue weighted by Gasteiger charge is 2.05. The Morgan fingerprint density at radius 3 is 2.67 bits per heavy atom. The van der Waals surface area contributed by atoms with Crippen LogP contribution in [0.5, 0.6) is 5.75 Å². The van der Waals surface area contributed by atoms with Crippen LogP contribution in [0.1, 0.15) is 15.9 Å². The molecule has 0 heterocycles. The Morgan fingerprint density at radius 1 is 1.50 bits per heavy atom.